The van der Waals surface area contributed by atoms with Gasteiger partial charge in [0.2, 0.25) is 0 Å². The van der Waals surface area contributed by atoms with Gasteiger partial charge in [-0.05, 0) is 29.5 Å². The summed E-state index contributed by atoms with van der Waals surface area (Å²) in [5.41, 5.74) is 9.36. The van der Waals surface area contributed by atoms with Gasteiger partial charge >= 0.3 is 0 Å². The van der Waals surface area contributed by atoms with Crippen LogP contribution < -0.4 is 5.73 Å². The molecule has 19 heavy (non-hydrogen) atoms. The molecule has 0 fully saturated rings. The molecule has 0 amide bonds. The molecule has 2 heterocycles. The Hall–Kier alpha value is -2.70. The number of benzene rings is 1. The Balaban J connectivity index is 2.17. The third-order valence-corrected chi connectivity index (χ3v) is 2.86. The molecule has 0 saturated heterocycles. The van der Waals surface area contributed by atoms with Crippen molar-refractivity contribution < 1.29 is 0 Å². The van der Waals surface area contributed by atoms with Crippen molar-refractivity contribution in [3.63, 3.8) is 0 Å². The summed E-state index contributed by atoms with van der Waals surface area (Å²) in [6, 6.07) is 5.78. The summed E-state index contributed by atoms with van der Waals surface area (Å²) in [6.45, 7) is 2.00. The summed E-state index contributed by atoms with van der Waals surface area (Å²) in [7, 11) is 1.84. The number of anilines is 1. The molecule has 1 aromatic carbocycles. The fraction of sp³-hybridized carbons (Fsp3) is 0.167. The molecule has 0 bridgehead atoms. The molecule has 0 aliphatic rings. The first-order valence-electron chi connectivity index (χ1n) is 5.79. The highest BCUT2D eigenvalue weighted by Gasteiger charge is 2.14. The minimum Gasteiger partial charge on any atom is -0.398 e. The lowest BCUT2D eigenvalue weighted by Gasteiger charge is -2.06. The highest BCUT2D eigenvalue weighted by Crippen LogP contribution is 2.26. The van der Waals surface area contributed by atoms with E-state index in [-0.39, 0.29) is 0 Å². The second-order valence-electron chi connectivity index (χ2n) is 4.38. The SMILES string of the molecule is Cc1ccc(N)c(-c2nnnn2-c2cnn(C)c2)c1. The van der Waals surface area contributed by atoms with Crippen LogP contribution in [0.15, 0.2) is 30.6 Å². The van der Waals surface area contributed by atoms with Gasteiger partial charge < -0.3 is 5.73 Å². The third-order valence-electron chi connectivity index (χ3n) is 2.86. The van der Waals surface area contributed by atoms with Crippen molar-refractivity contribution >= 4 is 5.69 Å². The molecule has 0 saturated carbocycles. The average Bonchev–Trinajstić information content (AvgIpc) is 3.00. The van der Waals surface area contributed by atoms with E-state index in [0.717, 1.165) is 16.8 Å². The number of nitrogen functional groups attached to an aromatic ring is 1. The molecule has 7 nitrogen and oxygen atoms in total. The molecule has 96 valence electrons. The van der Waals surface area contributed by atoms with Crippen LogP contribution in [0, 0.1) is 6.92 Å². The molecule has 0 aliphatic carbocycles. The second kappa shape index (κ2) is 4.20. The first-order chi connectivity index (χ1) is 9.15. The van der Waals surface area contributed by atoms with Gasteiger partial charge in [0.05, 0.1) is 12.4 Å². The number of hydrogen-bond donors (Lipinski definition) is 1. The minimum atomic E-state index is 0.606. The van der Waals surface area contributed by atoms with E-state index in [1.165, 1.54) is 0 Å². The van der Waals surface area contributed by atoms with Gasteiger partial charge in [-0.2, -0.15) is 9.78 Å². The molecule has 3 rings (SSSR count). The summed E-state index contributed by atoms with van der Waals surface area (Å²) in [6.07, 6.45) is 3.54. The zero-order valence-electron chi connectivity index (χ0n) is 10.6. The Morgan fingerprint density at radius 2 is 2.11 bits per heavy atom. The van der Waals surface area contributed by atoms with Crippen molar-refractivity contribution in [2.24, 2.45) is 7.05 Å². The van der Waals surface area contributed by atoms with E-state index in [1.807, 2.05) is 38.4 Å². The van der Waals surface area contributed by atoms with Crippen molar-refractivity contribution in [2.45, 2.75) is 6.92 Å². The van der Waals surface area contributed by atoms with E-state index in [9.17, 15) is 0 Å². The van der Waals surface area contributed by atoms with Gasteiger partial charge in [0.25, 0.3) is 0 Å². The van der Waals surface area contributed by atoms with Crippen molar-refractivity contribution in [2.75, 3.05) is 5.73 Å². The number of hydrogen-bond acceptors (Lipinski definition) is 5. The highest BCUT2D eigenvalue weighted by atomic mass is 15.5. The molecule has 0 spiro atoms. The molecule has 3 aromatic rings. The average molecular weight is 255 g/mol. The van der Waals surface area contributed by atoms with Crippen molar-refractivity contribution in [3.05, 3.63) is 36.2 Å². The number of tetrazole rings is 1. The highest BCUT2D eigenvalue weighted by molar-refractivity contribution is 5.72. The Kier molecular flexibility index (Phi) is 2.52. The monoisotopic (exact) mass is 255 g/mol. The van der Waals surface area contributed by atoms with Crippen LogP contribution in [0.1, 0.15) is 5.56 Å². The van der Waals surface area contributed by atoms with Gasteiger partial charge in [-0.15, -0.1) is 5.10 Å². The van der Waals surface area contributed by atoms with Gasteiger partial charge in [0.1, 0.15) is 5.69 Å². The zero-order chi connectivity index (χ0) is 13.4. The van der Waals surface area contributed by atoms with Gasteiger partial charge in [-0.25, -0.2) is 0 Å². The van der Waals surface area contributed by atoms with Gasteiger partial charge in [0.15, 0.2) is 5.82 Å². The maximum atomic E-state index is 6.00. The van der Waals surface area contributed by atoms with Crippen LogP contribution in [0.4, 0.5) is 5.69 Å². The number of nitrogens with zero attached hydrogens (tertiary/aromatic N) is 6. The second-order valence-corrected chi connectivity index (χ2v) is 4.38. The lowest BCUT2D eigenvalue weighted by molar-refractivity contribution is 0.762. The van der Waals surface area contributed by atoms with E-state index >= 15 is 0 Å². The van der Waals surface area contributed by atoms with Crippen LogP contribution in [0.3, 0.4) is 0 Å². The predicted octanol–water partition coefficient (Wildman–Crippen LogP) is 0.953. The summed E-state index contributed by atoms with van der Waals surface area (Å²) in [5, 5.41) is 15.9. The lowest BCUT2D eigenvalue weighted by atomic mass is 10.1. The molecule has 0 atom stereocenters. The Morgan fingerprint density at radius 1 is 1.26 bits per heavy atom. The first-order valence-corrected chi connectivity index (χ1v) is 5.79. The smallest absolute Gasteiger partial charge is 0.189 e. The summed E-state index contributed by atoms with van der Waals surface area (Å²) in [4.78, 5) is 0. The quantitative estimate of drug-likeness (QED) is 0.689. The third kappa shape index (κ3) is 1.95. The maximum Gasteiger partial charge on any atom is 0.189 e. The summed E-state index contributed by atoms with van der Waals surface area (Å²) < 4.78 is 3.32. The molecule has 2 aromatic heterocycles. The standard InChI is InChI=1S/C12H13N7/c1-8-3-4-11(13)10(5-8)12-15-16-17-19(12)9-6-14-18(2)7-9/h3-7H,13H2,1-2H3. The van der Waals surface area contributed by atoms with Crippen molar-refractivity contribution in [3.8, 4) is 17.1 Å². The molecular weight excluding hydrogens is 242 g/mol. The van der Waals surface area contributed by atoms with E-state index in [0.29, 0.717) is 11.5 Å². The van der Waals surface area contributed by atoms with Crippen LogP contribution in [0.2, 0.25) is 0 Å². The number of aromatic nitrogens is 6. The van der Waals surface area contributed by atoms with Gasteiger partial charge in [0, 0.05) is 18.3 Å². The van der Waals surface area contributed by atoms with Gasteiger partial charge in [-0.1, -0.05) is 11.6 Å². The zero-order valence-corrected chi connectivity index (χ0v) is 10.6. The first kappa shape index (κ1) is 11.4. The molecule has 0 aliphatic heterocycles. The van der Waals surface area contributed by atoms with Crippen LogP contribution in [0.5, 0.6) is 0 Å². The lowest BCUT2D eigenvalue weighted by Crippen LogP contribution is -2.01. The summed E-state index contributed by atoms with van der Waals surface area (Å²) in [5.74, 6) is 0.606. The topological polar surface area (TPSA) is 87.4 Å². The number of aryl methyl sites for hydroxylation is 2. The van der Waals surface area contributed by atoms with Crippen molar-refractivity contribution in [1.82, 2.24) is 30.0 Å². The summed E-state index contributed by atoms with van der Waals surface area (Å²) >= 11 is 0. The minimum absolute atomic E-state index is 0.606. The maximum absolute atomic E-state index is 6.00. The Morgan fingerprint density at radius 3 is 2.84 bits per heavy atom. The van der Waals surface area contributed by atoms with E-state index in [1.54, 1.807) is 15.6 Å². The Labute approximate surface area is 109 Å². The molecular formula is C12H13N7. The van der Waals surface area contributed by atoms with Gasteiger partial charge in [-0.3, -0.25) is 4.68 Å². The number of rotatable bonds is 2. The Bertz CT molecular complexity index is 725. The molecule has 7 heteroatoms. The van der Waals surface area contributed by atoms with Crippen LogP contribution >= 0.6 is 0 Å². The number of nitrogens with two attached hydrogens (primary N) is 1. The molecule has 0 unspecified atom stereocenters. The largest absolute Gasteiger partial charge is 0.398 e. The fourth-order valence-electron chi connectivity index (χ4n) is 1.91. The van der Waals surface area contributed by atoms with E-state index < -0.39 is 0 Å². The normalized spacial score (nSPS) is 10.8. The van der Waals surface area contributed by atoms with Crippen molar-refractivity contribution in [1.29, 1.82) is 0 Å². The molecule has 0 radical (unpaired) electrons. The molecule has 2 N–H and O–H groups in total. The van der Waals surface area contributed by atoms with Crippen LogP contribution in [-0.2, 0) is 7.05 Å². The fourth-order valence-corrected chi connectivity index (χ4v) is 1.91. The van der Waals surface area contributed by atoms with Crippen LogP contribution in [0.25, 0.3) is 17.1 Å². The van der Waals surface area contributed by atoms with E-state index in [4.69, 9.17) is 5.73 Å². The predicted molar refractivity (Wildman–Crippen MR) is 70.5 cm³/mol. The van der Waals surface area contributed by atoms with E-state index in [2.05, 4.69) is 20.6 Å². The van der Waals surface area contributed by atoms with Crippen LogP contribution in [-0.4, -0.2) is 30.0 Å².